The number of hydrogen-bond acceptors (Lipinski definition) is 5. The minimum atomic E-state index is -3.50. The van der Waals surface area contributed by atoms with Gasteiger partial charge >= 0.3 is 0 Å². The lowest BCUT2D eigenvalue weighted by Crippen LogP contribution is -2.61. The Labute approximate surface area is 165 Å². The van der Waals surface area contributed by atoms with Gasteiger partial charge in [-0.1, -0.05) is 6.07 Å². The van der Waals surface area contributed by atoms with Crippen LogP contribution in [0.5, 0.6) is 0 Å². The summed E-state index contributed by atoms with van der Waals surface area (Å²) in [5.74, 6) is 1.42. The van der Waals surface area contributed by atoms with Gasteiger partial charge in [0.05, 0.1) is 17.2 Å². The van der Waals surface area contributed by atoms with Gasteiger partial charge in [0, 0.05) is 30.8 Å². The van der Waals surface area contributed by atoms with E-state index >= 15 is 0 Å². The van der Waals surface area contributed by atoms with E-state index in [1.54, 1.807) is 6.07 Å². The van der Waals surface area contributed by atoms with E-state index in [4.69, 9.17) is 4.74 Å². The molecule has 1 aromatic heterocycles. The van der Waals surface area contributed by atoms with Gasteiger partial charge in [0.15, 0.2) is 0 Å². The average molecular weight is 398 g/mol. The number of nitrogens with zero attached hydrogens (tertiary/aromatic N) is 3. The van der Waals surface area contributed by atoms with E-state index in [0.29, 0.717) is 30.5 Å². The predicted molar refractivity (Wildman–Crippen MR) is 102 cm³/mol. The molecule has 2 aliphatic heterocycles. The SMILES string of the molecule is O=S(=O)(c1ccc2c(c1)CCCC2)N1CC2(C1)OCc1nc(C3CC3)ncc12. The van der Waals surface area contributed by atoms with Gasteiger partial charge in [0.25, 0.3) is 0 Å². The van der Waals surface area contributed by atoms with Gasteiger partial charge in [0.2, 0.25) is 10.0 Å². The van der Waals surface area contributed by atoms with E-state index in [9.17, 15) is 8.42 Å². The first-order valence-corrected chi connectivity index (χ1v) is 11.6. The molecule has 146 valence electrons. The first-order chi connectivity index (χ1) is 13.6. The van der Waals surface area contributed by atoms with E-state index in [2.05, 4.69) is 9.97 Å². The fraction of sp³-hybridized carbons (Fsp3) is 0.524. The zero-order valence-corrected chi connectivity index (χ0v) is 16.5. The fourth-order valence-corrected chi connectivity index (χ4v) is 6.31. The fourth-order valence-electron chi connectivity index (χ4n) is 4.72. The highest BCUT2D eigenvalue weighted by molar-refractivity contribution is 7.89. The highest BCUT2D eigenvalue weighted by atomic mass is 32.2. The summed E-state index contributed by atoms with van der Waals surface area (Å²) in [6, 6.07) is 5.63. The second-order valence-electron chi connectivity index (χ2n) is 8.56. The summed E-state index contributed by atoms with van der Waals surface area (Å²) in [6.07, 6.45) is 8.54. The van der Waals surface area contributed by atoms with Crippen LogP contribution in [0.15, 0.2) is 29.3 Å². The minimum absolute atomic E-state index is 0.339. The molecule has 6 rings (SSSR count). The Morgan fingerprint density at radius 2 is 1.89 bits per heavy atom. The van der Waals surface area contributed by atoms with Crippen LogP contribution in [0.2, 0.25) is 0 Å². The van der Waals surface area contributed by atoms with E-state index in [1.807, 2.05) is 18.3 Å². The number of aromatic nitrogens is 2. The van der Waals surface area contributed by atoms with Crippen LogP contribution >= 0.6 is 0 Å². The Morgan fingerprint density at radius 3 is 2.68 bits per heavy atom. The maximum absolute atomic E-state index is 13.1. The van der Waals surface area contributed by atoms with Crippen molar-refractivity contribution in [2.24, 2.45) is 0 Å². The van der Waals surface area contributed by atoms with Crippen LogP contribution in [-0.4, -0.2) is 35.8 Å². The maximum Gasteiger partial charge on any atom is 0.243 e. The molecule has 2 aliphatic carbocycles. The normalized spacial score (nSPS) is 23.3. The van der Waals surface area contributed by atoms with Crippen molar-refractivity contribution in [3.63, 3.8) is 0 Å². The second kappa shape index (κ2) is 5.84. The molecule has 0 bridgehead atoms. The summed E-state index contributed by atoms with van der Waals surface area (Å²) >= 11 is 0. The molecule has 0 atom stereocenters. The molecule has 2 fully saturated rings. The Balaban J connectivity index is 1.25. The Hall–Kier alpha value is -1.83. The molecule has 4 aliphatic rings. The van der Waals surface area contributed by atoms with Gasteiger partial charge < -0.3 is 4.74 Å². The monoisotopic (exact) mass is 397 g/mol. The predicted octanol–water partition coefficient (Wildman–Crippen LogP) is 2.66. The molecule has 1 saturated carbocycles. The third-order valence-electron chi connectivity index (χ3n) is 6.63. The van der Waals surface area contributed by atoms with E-state index in [0.717, 1.165) is 49.2 Å². The van der Waals surface area contributed by atoms with Crippen LogP contribution in [0.3, 0.4) is 0 Å². The maximum atomic E-state index is 13.1. The molecule has 0 radical (unpaired) electrons. The van der Waals surface area contributed by atoms with Crippen LogP contribution in [0.4, 0.5) is 0 Å². The van der Waals surface area contributed by atoms with Crippen molar-refractivity contribution in [3.8, 4) is 0 Å². The molecular weight excluding hydrogens is 374 g/mol. The summed E-state index contributed by atoms with van der Waals surface area (Å²) in [4.78, 5) is 9.61. The molecule has 7 heteroatoms. The summed E-state index contributed by atoms with van der Waals surface area (Å²) < 4.78 is 33.9. The lowest BCUT2D eigenvalue weighted by molar-refractivity contribution is -0.112. The van der Waals surface area contributed by atoms with Crippen LogP contribution < -0.4 is 0 Å². The van der Waals surface area contributed by atoms with Gasteiger partial charge in [0.1, 0.15) is 11.4 Å². The van der Waals surface area contributed by atoms with Crippen molar-refractivity contribution < 1.29 is 13.2 Å². The van der Waals surface area contributed by atoms with Crippen LogP contribution in [0, 0.1) is 0 Å². The summed E-state index contributed by atoms with van der Waals surface area (Å²) in [5.41, 5.74) is 3.81. The zero-order chi connectivity index (χ0) is 18.9. The first-order valence-electron chi connectivity index (χ1n) is 10.2. The second-order valence-corrected chi connectivity index (χ2v) is 10.5. The summed E-state index contributed by atoms with van der Waals surface area (Å²) in [7, 11) is -3.50. The molecule has 6 nitrogen and oxygen atoms in total. The smallest absolute Gasteiger partial charge is 0.243 e. The number of sulfonamides is 1. The highest BCUT2D eigenvalue weighted by Crippen LogP contribution is 2.46. The summed E-state index contributed by atoms with van der Waals surface area (Å²) in [5, 5.41) is 0. The van der Waals surface area contributed by atoms with Crippen LogP contribution in [0.1, 0.15) is 59.8 Å². The molecule has 3 heterocycles. The van der Waals surface area contributed by atoms with E-state index < -0.39 is 15.6 Å². The number of ether oxygens (including phenoxy) is 1. The van der Waals surface area contributed by atoms with Crippen molar-refractivity contribution in [1.82, 2.24) is 14.3 Å². The number of rotatable bonds is 3. The average Bonchev–Trinajstić information content (AvgIpc) is 3.46. The standard InChI is InChI=1S/C21H23N3O3S/c25-28(26,17-8-7-14-3-1-2-4-16(14)9-17)24-12-21(13-24)18-10-22-20(15-5-6-15)23-19(18)11-27-21/h7-10,15H,1-6,11-13H2. The Bertz CT molecular complexity index is 1070. The lowest BCUT2D eigenvalue weighted by atomic mass is 9.90. The van der Waals surface area contributed by atoms with Crippen LogP contribution in [0.25, 0.3) is 0 Å². The molecule has 28 heavy (non-hydrogen) atoms. The Morgan fingerprint density at radius 1 is 1.11 bits per heavy atom. The van der Waals surface area contributed by atoms with Gasteiger partial charge in [-0.3, -0.25) is 0 Å². The van der Waals surface area contributed by atoms with Crippen molar-refractivity contribution in [3.05, 3.63) is 52.6 Å². The van der Waals surface area contributed by atoms with Gasteiger partial charge in [-0.25, -0.2) is 18.4 Å². The first kappa shape index (κ1) is 17.1. The highest BCUT2D eigenvalue weighted by Gasteiger charge is 2.55. The Kier molecular flexibility index (Phi) is 3.56. The molecule has 0 N–H and O–H groups in total. The van der Waals surface area contributed by atoms with Gasteiger partial charge in [-0.05, 0) is 61.8 Å². The molecule has 1 spiro atoms. The summed E-state index contributed by atoms with van der Waals surface area (Å²) in [6.45, 7) is 1.13. The zero-order valence-electron chi connectivity index (χ0n) is 15.7. The molecule has 0 unspecified atom stereocenters. The van der Waals surface area contributed by atoms with Crippen molar-refractivity contribution in [2.75, 3.05) is 13.1 Å². The van der Waals surface area contributed by atoms with E-state index in [-0.39, 0.29) is 0 Å². The molecule has 1 aromatic carbocycles. The third-order valence-corrected chi connectivity index (χ3v) is 8.41. The van der Waals surface area contributed by atoms with Crippen LogP contribution in [-0.2, 0) is 39.8 Å². The molecule has 1 saturated heterocycles. The molecular formula is C21H23N3O3S. The molecule has 0 amide bonds. The number of hydrogen-bond donors (Lipinski definition) is 0. The topological polar surface area (TPSA) is 72.4 Å². The van der Waals surface area contributed by atoms with Gasteiger partial charge in [-0.15, -0.1) is 0 Å². The number of benzene rings is 1. The number of fused-ring (bicyclic) bond motifs is 3. The lowest BCUT2D eigenvalue weighted by Gasteiger charge is -2.46. The van der Waals surface area contributed by atoms with Gasteiger partial charge in [-0.2, -0.15) is 4.31 Å². The third kappa shape index (κ3) is 2.49. The minimum Gasteiger partial charge on any atom is -0.361 e. The van der Waals surface area contributed by atoms with Crippen molar-refractivity contribution >= 4 is 10.0 Å². The van der Waals surface area contributed by atoms with E-state index in [1.165, 1.54) is 21.9 Å². The molecule has 2 aromatic rings. The number of aryl methyl sites for hydroxylation is 2. The van der Waals surface area contributed by atoms with Crippen molar-refractivity contribution in [2.45, 2.75) is 61.5 Å². The van der Waals surface area contributed by atoms with Crippen molar-refractivity contribution in [1.29, 1.82) is 0 Å². The quantitative estimate of drug-likeness (QED) is 0.796. The largest absolute Gasteiger partial charge is 0.361 e.